The molecule has 0 bridgehead atoms. The second kappa shape index (κ2) is 9.02. The molecule has 9 heteroatoms. The van der Waals surface area contributed by atoms with Crippen molar-refractivity contribution in [2.24, 2.45) is 0 Å². The molecule has 3 rings (SSSR count). The fourth-order valence-corrected chi connectivity index (χ4v) is 4.02. The molecule has 0 unspecified atom stereocenters. The average molecular weight is 431 g/mol. The van der Waals surface area contributed by atoms with E-state index in [0.717, 1.165) is 10.1 Å². The molecule has 2 N–H and O–H groups in total. The second-order valence-corrected chi connectivity index (χ2v) is 7.76. The lowest BCUT2D eigenvalue weighted by Gasteiger charge is -2.19. The van der Waals surface area contributed by atoms with E-state index in [0.29, 0.717) is 27.8 Å². The van der Waals surface area contributed by atoms with E-state index in [1.807, 2.05) is 6.92 Å². The van der Waals surface area contributed by atoms with Gasteiger partial charge >= 0.3 is 0 Å². The van der Waals surface area contributed by atoms with E-state index in [4.69, 9.17) is 11.6 Å². The third-order valence-electron chi connectivity index (χ3n) is 4.10. The molecule has 0 aliphatic heterocycles. The van der Waals surface area contributed by atoms with Crippen molar-refractivity contribution in [3.8, 4) is 0 Å². The van der Waals surface area contributed by atoms with E-state index in [1.54, 1.807) is 36.5 Å². The first-order valence-corrected chi connectivity index (χ1v) is 10.1. The van der Waals surface area contributed by atoms with Gasteiger partial charge in [-0.05, 0) is 37.3 Å². The van der Waals surface area contributed by atoms with Gasteiger partial charge in [0.05, 0.1) is 14.6 Å². The van der Waals surface area contributed by atoms with E-state index in [2.05, 4.69) is 15.6 Å². The number of hydrogen-bond acceptors (Lipinski definition) is 5. The van der Waals surface area contributed by atoms with Gasteiger partial charge in [-0.3, -0.25) is 19.4 Å². The molecule has 0 aliphatic rings. The zero-order valence-electron chi connectivity index (χ0n) is 15.9. The van der Waals surface area contributed by atoms with Crippen LogP contribution in [-0.2, 0) is 9.59 Å². The highest BCUT2D eigenvalue weighted by Gasteiger charge is 2.20. The smallest absolute Gasteiger partial charge is 0.264 e. The third-order valence-corrected chi connectivity index (χ3v) is 5.46. The first-order chi connectivity index (χ1) is 13.9. The first-order valence-electron chi connectivity index (χ1n) is 8.87. The van der Waals surface area contributed by atoms with Crippen LogP contribution >= 0.6 is 22.9 Å². The highest BCUT2D eigenvalue weighted by molar-refractivity contribution is 7.20. The van der Waals surface area contributed by atoms with Crippen LogP contribution in [0.15, 0.2) is 42.7 Å². The van der Waals surface area contributed by atoms with E-state index in [1.165, 1.54) is 29.4 Å². The predicted molar refractivity (Wildman–Crippen MR) is 116 cm³/mol. The topological polar surface area (TPSA) is 91.4 Å². The summed E-state index contributed by atoms with van der Waals surface area (Å²) in [5.41, 5.74) is 1.21. The average Bonchev–Trinajstić information content (AvgIpc) is 3.12. The fourth-order valence-electron chi connectivity index (χ4n) is 2.73. The minimum Gasteiger partial charge on any atom is -0.329 e. The largest absolute Gasteiger partial charge is 0.329 e. The Kier molecular flexibility index (Phi) is 6.46. The third kappa shape index (κ3) is 5.10. The van der Waals surface area contributed by atoms with E-state index in [-0.39, 0.29) is 24.3 Å². The van der Waals surface area contributed by atoms with Gasteiger partial charge in [0.25, 0.3) is 5.91 Å². The lowest BCUT2D eigenvalue weighted by molar-refractivity contribution is -0.117. The molecule has 0 atom stereocenters. The van der Waals surface area contributed by atoms with Crippen molar-refractivity contribution in [1.29, 1.82) is 0 Å². The number of hydrogen-bond donors (Lipinski definition) is 2. The quantitative estimate of drug-likeness (QED) is 0.618. The van der Waals surface area contributed by atoms with Crippen LogP contribution in [0.4, 0.5) is 11.4 Å². The molecule has 3 amide bonds. The van der Waals surface area contributed by atoms with Crippen molar-refractivity contribution >= 4 is 62.1 Å². The Hall–Kier alpha value is -2.97. The standard InChI is InChI=1S/C20H19ClN4O3S/c1-3-25(20(28)17-8-15-16(21)9-22-10-18(15)29-17)11-19(27)24-14-6-4-13(5-7-14)23-12(2)26/h4-10H,3,11H2,1-2H3,(H,23,26)(H,24,27). The van der Waals surface area contributed by atoms with Gasteiger partial charge in [0.1, 0.15) is 6.54 Å². The Labute approximate surface area is 176 Å². The number of thiophene rings is 1. The summed E-state index contributed by atoms with van der Waals surface area (Å²) in [6.45, 7) is 3.54. The highest BCUT2D eigenvalue weighted by Crippen LogP contribution is 2.30. The molecule has 2 heterocycles. The number of nitrogens with zero attached hydrogens (tertiary/aromatic N) is 2. The Morgan fingerprint density at radius 3 is 2.34 bits per heavy atom. The Morgan fingerprint density at radius 1 is 1.10 bits per heavy atom. The Bertz CT molecular complexity index is 1070. The maximum absolute atomic E-state index is 12.8. The number of anilines is 2. The van der Waals surface area contributed by atoms with Gasteiger partial charge in [-0.1, -0.05) is 11.6 Å². The van der Waals surface area contributed by atoms with E-state index in [9.17, 15) is 14.4 Å². The van der Waals surface area contributed by atoms with Gasteiger partial charge < -0.3 is 15.5 Å². The molecule has 0 spiro atoms. The molecule has 150 valence electrons. The number of halogens is 1. The van der Waals surface area contributed by atoms with Gasteiger partial charge in [-0.25, -0.2) is 0 Å². The molecule has 0 saturated carbocycles. The van der Waals surface area contributed by atoms with Crippen LogP contribution < -0.4 is 10.6 Å². The van der Waals surface area contributed by atoms with Crippen molar-refractivity contribution in [3.63, 3.8) is 0 Å². The summed E-state index contributed by atoms with van der Waals surface area (Å²) < 4.78 is 0.820. The number of fused-ring (bicyclic) bond motifs is 1. The van der Waals surface area contributed by atoms with Crippen LogP contribution in [0.3, 0.4) is 0 Å². The maximum Gasteiger partial charge on any atom is 0.264 e. The van der Waals surface area contributed by atoms with Crippen molar-refractivity contribution in [2.75, 3.05) is 23.7 Å². The summed E-state index contributed by atoms with van der Waals surface area (Å²) >= 11 is 7.43. The summed E-state index contributed by atoms with van der Waals surface area (Å²) in [5.74, 6) is -0.716. The minimum absolute atomic E-state index is 0.0803. The Balaban J connectivity index is 1.66. The summed E-state index contributed by atoms with van der Waals surface area (Å²) in [6, 6.07) is 8.47. The van der Waals surface area contributed by atoms with Crippen LogP contribution in [0.25, 0.3) is 10.1 Å². The molecular formula is C20H19ClN4O3S. The summed E-state index contributed by atoms with van der Waals surface area (Å²) in [6.07, 6.45) is 3.20. The van der Waals surface area contributed by atoms with Crippen LogP contribution in [0.2, 0.25) is 5.02 Å². The number of amides is 3. The normalized spacial score (nSPS) is 10.6. The molecule has 2 aromatic heterocycles. The van der Waals surface area contributed by atoms with Gasteiger partial charge in [0, 0.05) is 42.6 Å². The summed E-state index contributed by atoms with van der Waals surface area (Å²) in [5, 5.41) is 6.67. The summed E-state index contributed by atoms with van der Waals surface area (Å²) in [4.78, 5) is 42.3. The predicted octanol–water partition coefficient (Wildman–Crippen LogP) is 4.01. The van der Waals surface area contributed by atoms with Crippen molar-refractivity contribution in [1.82, 2.24) is 9.88 Å². The number of pyridine rings is 1. The number of carbonyl (C=O) groups is 3. The first kappa shape index (κ1) is 20.8. The number of benzene rings is 1. The van der Waals surface area contributed by atoms with Crippen molar-refractivity contribution in [2.45, 2.75) is 13.8 Å². The SMILES string of the molecule is CCN(CC(=O)Nc1ccc(NC(C)=O)cc1)C(=O)c1cc2c(Cl)cncc2s1. The molecule has 0 radical (unpaired) electrons. The molecule has 0 aliphatic carbocycles. The van der Waals surface area contributed by atoms with Crippen molar-refractivity contribution in [3.05, 3.63) is 52.6 Å². The molecule has 7 nitrogen and oxygen atoms in total. The van der Waals surface area contributed by atoms with Gasteiger partial charge in [0.15, 0.2) is 0 Å². The van der Waals surface area contributed by atoms with Gasteiger partial charge in [-0.15, -0.1) is 11.3 Å². The van der Waals surface area contributed by atoms with Crippen LogP contribution in [0.5, 0.6) is 0 Å². The highest BCUT2D eigenvalue weighted by atomic mass is 35.5. The molecule has 0 fully saturated rings. The van der Waals surface area contributed by atoms with Gasteiger partial charge in [0.2, 0.25) is 11.8 Å². The minimum atomic E-state index is -0.312. The van der Waals surface area contributed by atoms with Crippen LogP contribution in [-0.4, -0.2) is 40.7 Å². The zero-order valence-corrected chi connectivity index (χ0v) is 17.4. The fraction of sp³-hybridized carbons (Fsp3) is 0.200. The monoisotopic (exact) mass is 430 g/mol. The van der Waals surface area contributed by atoms with E-state index >= 15 is 0 Å². The van der Waals surface area contributed by atoms with Gasteiger partial charge in [-0.2, -0.15) is 0 Å². The number of aromatic nitrogens is 1. The lowest BCUT2D eigenvalue weighted by atomic mass is 10.2. The van der Waals surface area contributed by atoms with Crippen molar-refractivity contribution < 1.29 is 14.4 Å². The zero-order chi connectivity index (χ0) is 21.0. The molecule has 1 aromatic carbocycles. The second-order valence-electron chi connectivity index (χ2n) is 6.27. The van der Waals surface area contributed by atoms with Crippen LogP contribution in [0, 0.1) is 0 Å². The number of carbonyl (C=O) groups excluding carboxylic acids is 3. The van der Waals surface area contributed by atoms with E-state index < -0.39 is 0 Å². The number of likely N-dealkylation sites (N-methyl/N-ethyl adjacent to an activating group) is 1. The number of nitrogens with one attached hydrogen (secondary N) is 2. The molecular weight excluding hydrogens is 412 g/mol. The maximum atomic E-state index is 12.8. The van der Waals surface area contributed by atoms with Crippen LogP contribution in [0.1, 0.15) is 23.5 Å². The number of rotatable bonds is 6. The molecule has 29 heavy (non-hydrogen) atoms. The Morgan fingerprint density at radius 2 is 1.76 bits per heavy atom. The lowest BCUT2D eigenvalue weighted by Crippen LogP contribution is -2.37. The summed E-state index contributed by atoms with van der Waals surface area (Å²) in [7, 11) is 0. The molecule has 0 saturated heterocycles. The molecule has 3 aromatic rings.